The Morgan fingerprint density at radius 3 is 1.73 bits per heavy atom. The van der Waals surface area contributed by atoms with Crippen LogP contribution in [0.2, 0.25) is 0 Å². The van der Waals surface area contributed by atoms with Gasteiger partial charge in [0, 0.05) is 33.9 Å². The van der Waals surface area contributed by atoms with Gasteiger partial charge in [-0.15, -0.1) is 0 Å². The first-order chi connectivity index (χ1) is 7.20. The van der Waals surface area contributed by atoms with E-state index in [1.54, 1.807) is 14.2 Å². The maximum Gasteiger partial charge on any atom is 0.0596 e. The zero-order valence-electron chi connectivity index (χ0n) is 10.5. The summed E-state index contributed by atoms with van der Waals surface area (Å²) in [6.45, 7) is 9.18. The third-order valence-corrected chi connectivity index (χ3v) is 2.08. The fourth-order valence-electron chi connectivity index (χ4n) is 1.19. The van der Waals surface area contributed by atoms with Gasteiger partial charge >= 0.3 is 0 Å². The normalized spacial score (nSPS) is 11.6. The van der Waals surface area contributed by atoms with Crippen LogP contribution in [-0.2, 0) is 14.2 Å². The predicted molar refractivity (Wildman–Crippen MR) is 61.3 cm³/mol. The second-order valence-corrected chi connectivity index (χ2v) is 3.75. The van der Waals surface area contributed by atoms with Gasteiger partial charge in [0.25, 0.3) is 0 Å². The van der Waals surface area contributed by atoms with Crippen molar-refractivity contribution in [1.82, 2.24) is 4.90 Å². The van der Waals surface area contributed by atoms with Gasteiger partial charge in [-0.25, -0.2) is 0 Å². The lowest BCUT2D eigenvalue weighted by Crippen LogP contribution is -2.34. The van der Waals surface area contributed by atoms with Gasteiger partial charge in [0.2, 0.25) is 0 Å². The van der Waals surface area contributed by atoms with Gasteiger partial charge in [0.05, 0.1) is 25.9 Å². The van der Waals surface area contributed by atoms with Gasteiger partial charge < -0.3 is 14.2 Å². The van der Waals surface area contributed by atoms with E-state index in [-0.39, 0.29) is 0 Å². The minimum absolute atomic E-state index is 0.303. The highest BCUT2D eigenvalue weighted by atomic mass is 16.5. The van der Waals surface area contributed by atoms with Crippen LogP contribution in [-0.4, -0.2) is 64.7 Å². The molecule has 0 aliphatic carbocycles. The van der Waals surface area contributed by atoms with Crippen LogP contribution in [0.15, 0.2) is 0 Å². The van der Waals surface area contributed by atoms with Crippen LogP contribution in [0, 0.1) is 0 Å². The van der Waals surface area contributed by atoms with Gasteiger partial charge in [0.1, 0.15) is 0 Å². The van der Waals surface area contributed by atoms with Gasteiger partial charge in [0.15, 0.2) is 0 Å². The molecule has 0 atom stereocenters. The molecule has 92 valence electrons. The molecule has 0 spiro atoms. The fraction of sp³-hybridized carbons (Fsp3) is 1.00. The topological polar surface area (TPSA) is 30.9 Å². The van der Waals surface area contributed by atoms with E-state index in [1.807, 2.05) is 0 Å². The lowest BCUT2D eigenvalue weighted by molar-refractivity contribution is 0.0448. The Bertz CT molecular complexity index is 123. The maximum atomic E-state index is 5.51. The molecule has 4 heteroatoms. The van der Waals surface area contributed by atoms with Crippen LogP contribution in [0.3, 0.4) is 0 Å². The second kappa shape index (κ2) is 10.4. The van der Waals surface area contributed by atoms with Gasteiger partial charge in [-0.1, -0.05) is 0 Å². The van der Waals surface area contributed by atoms with E-state index < -0.39 is 0 Å². The molecule has 0 aliphatic heterocycles. The Hall–Kier alpha value is -0.160. The molecule has 0 saturated heterocycles. The summed E-state index contributed by atoms with van der Waals surface area (Å²) in [5.41, 5.74) is 0. The SMILES string of the molecule is COCCN(CCOC)CCOC(C)C. The first-order valence-corrected chi connectivity index (χ1v) is 5.52. The standard InChI is InChI=1S/C11H25NO3/c1-11(2)15-10-7-12(5-8-13-3)6-9-14-4/h11H,5-10H2,1-4H3. The van der Waals surface area contributed by atoms with E-state index in [0.717, 1.165) is 39.5 Å². The molecule has 0 radical (unpaired) electrons. The number of hydrogen-bond donors (Lipinski definition) is 0. The van der Waals surface area contributed by atoms with Crippen molar-refractivity contribution in [1.29, 1.82) is 0 Å². The van der Waals surface area contributed by atoms with Gasteiger partial charge in [-0.2, -0.15) is 0 Å². The van der Waals surface area contributed by atoms with Crippen molar-refractivity contribution in [3.05, 3.63) is 0 Å². The Morgan fingerprint density at radius 1 is 0.867 bits per heavy atom. The quantitative estimate of drug-likeness (QED) is 0.548. The first kappa shape index (κ1) is 14.8. The van der Waals surface area contributed by atoms with Crippen molar-refractivity contribution in [3.8, 4) is 0 Å². The molecule has 15 heavy (non-hydrogen) atoms. The number of hydrogen-bond acceptors (Lipinski definition) is 4. The Balaban J connectivity index is 3.58. The summed E-state index contributed by atoms with van der Waals surface area (Å²) >= 11 is 0. The average molecular weight is 219 g/mol. The predicted octanol–water partition coefficient (Wildman–Crippen LogP) is 1.01. The fourth-order valence-corrected chi connectivity index (χ4v) is 1.19. The smallest absolute Gasteiger partial charge is 0.0596 e. The molecule has 0 rings (SSSR count). The van der Waals surface area contributed by atoms with Crippen molar-refractivity contribution < 1.29 is 14.2 Å². The summed E-state index contributed by atoms with van der Waals surface area (Å²) in [5.74, 6) is 0. The lowest BCUT2D eigenvalue weighted by Gasteiger charge is -2.21. The molecule has 0 N–H and O–H groups in total. The Kier molecular flexibility index (Phi) is 10.3. The molecular weight excluding hydrogens is 194 g/mol. The van der Waals surface area contributed by atoms with Crippen molar-refractivity contribution in [3.63, 3.8) is 0 Å². The summed E-state index contributed by atoms with van der Waals surface area (Å²) in [5, 5.41) is 0. The van der Waals surface area contributed by atoms with Crippen LogP contribution in [0.25, 0.3) is 0 Å². The average Bonchev–Trinajstić information content (AvgIpc) is 2.20. The van der Waals surface area contributed by atoms with Crippen molar-refractivity contribution in [2.45, 2.75) is 20.0 Å². The summed E-state index contributed by atoms with van der Waals surface area (Å²) in [6, 6.07) is 0. The molecule has 0 bridgehead atoms. The monoisotopic (exact) mass is 219 g/mol. The third kappa shape index (κ3) is 10.1. The molecule has 0 unspecified atom stereocenters. The van der Waals surface area contributed by atoms with Crippen LogP contribution < -0.4 is 0 Å². The molecule has 0 aromatic carbocycles. The summed E-state index contributed by atoms with van der Waals surface area (Å²) in [7, 11) is 3.44. The largest absolute Gasteiger partial charge is 0.383 e. The molecule has 4 nitrogen and oxygen atoms in total. The minimum atomic E-state index is 0.303. The molecule has 0 aliphatic rings. The van der Waals surface area contributed by atoms with Crippen molar-refractivity contribution in [2.75, 3.05) is 53.7 Å². The Labute approximate surface area is 93.5 Å². The summed E-state index contributed by atoms with van der Waals surface area (Å²) in [4.78, 5) is 2.29. The molecule has 0 aromatic heterocycles. The van der Waals surface area contributed by atoms with E-state index in [4.69, 9.17) is 14.2 Å². The van der Waals surface area contributed by atoms with Gasteiger partial charge in [-0.05, 0) is 13.8 Å². The number of methoxy groups -OCH3 is 2. The zero-order chi connectivity index (χ0) is 11.5. The highest BCUT2D eigenvalue weighted by molar-refractivity contribution is 4.56. The number of nitrogens with zero attached hydrogens (tertiary/aromatic N) is 1. The van der Waals surface area contributed by atoms with Crippen LogP contribution in [0.4, 0.5) is 0 Å². The zero-order valence-corrected chi connectivity index (χ0v) is 10.5. The van der Waals surface area contributed by atoms with E-state index in [2.05, 4.69) is 18.7 Å². The second-order valence-electron chi connectivity index (χ2n) is 3.75. The van der Waals surface area contributed by atoms with Crippen LogP contribution >= 0.6 is 0 Å². The summed E-state index contributed by atoms with van der Waals surface area (Å²) in [6.07, 6.45) is 0.303. The molecule has 0 amide bonds. The summed E-state index contributed by atoms with van der Waals surface area (Å²) < 4.78 is 15.6. The highest BCUT2D eigenvalue weighted by Crippen LogP contribution is 1.92. The minimum Gasteiger partial charge on any atom is -0.383 e. The maximum absolute atomic E-state index is 5.51. The first-order valence-electron chi connectivity index (χ1n) is 5.52. The van der Waals surface area contributed by atoms with E-state index in [0.29, 0.717) is 6.10 Å². The van der Waals surface area contributed by atoms with Crippen molar-refractivity contribution >= 4 is 0 Å². The Morgan fingerprint density at radius 2 is 1.33 bits per heavy atom. The molecule has 0 aromatic rings. The number of ether oxygens (including phenoxy) is 3. The molecular formula is C11H25NO3. The third-order valence-electron chi connectivity index (χ3n) is 2.08. The van der Waals surface area contributed by atoms with Crippen molar-refractivity contribution in [2.24, 2.45) is 0 Å². The molecule has 0 saturated carbocycles. The highest BCUT2D eigenvalue weighted by Gasteiger charge is 2.04. The van der Waals surface area contributed by atoms with E-state index in [9.17, 15) is 0 Å². The van der Waals surface area contributed by atoms with E-state index >= 15 is 0 Å². The lowest BCUT2D eigenvalue weighted by atomic mass is 10.4. The van der Waals surface area contributed by atoms with Crippen LogP contribution in [0.1, 0.15) is 13.8 Å². The molecule has 0 fully saturated rings. The van der Waals surface area contributed by atoms with E-state index in [1.165, 1.54) is 0 Å². The van der Waals surface area contributed by atoms with Crippen LogP contribution in [0.5, 0.6) is 0 Å². The molecule has 0 heterocycles. The number of rotatable bonds is 10. The van der Waals surface area contributed by atoms with Gasteiger partial charge in [-0.3, -0.25) is 4.90 Å².